The second-order valence-electron chi connectivity index (χ2n) is 19.8. The van der Waals surface area contributed by atoms with Gasteiger partial charge in [-0.25, -0.2) is 0 Å². The van der Waals surface area contributed by atoms with E-state index in [9.17, 15) is 24.0 Å². The van der Waals surface area contributed by atoms with Crippen LogP contribution < -0.4 is 58.5 Å². The van der Waals surface area contributed by atoms with Crippen LogP contribution in [0.5, 0.6) is 40.2 Å². The number of anilines is 5. The third kappa shape index (κ3) is 16.5. The van der Waals surface area contributed by atoms with Gasteiger partial charge in [-0.1, -0.05) is 88.9 Å². The molecule has 80 heavy (non-hydrogen) atoms. The van der Waals surface area contributed by atoms with Crippen LogP contribution in [0.3, 0.4) is 0 Å². The van der Waals surface area contributed by atoms with Gasteiger partial charge in [0.05, 0.1) is 7.11 Å². The van der Waals surface area contributed by atoms with Gasteiger partial charge in [-0.3, -0.25) is 24.0 Å². The zero-order valence-corrected chi connectivity index (χ0v) is 49.0. The van der Waals surface area contributed by atoms with E-state index in [0.717, 1.165) is 0 Å². The van der Waals surface area contributed by atoms with Gasteiger partial charge in [0, 0.05) is 64.1 Å². The number of ether oxygens (including phenoxy) is 1. The Morgan fingerprint density at radius 3 is 0.787 bits per heavy atom. The van der Waals surface area contributed by atoms with Gasteiger partial charge in [0.1, 0.15) is 40.2 Å². The quantitative estimate of drug-likeness (QED) is 0.0376. The molecule has 0 bridgehead atoms. The lowest BCUT2D eigenvalue weighted by molar-refractivity contribution is -0.119. The molecule has 5 amide bonds. The summed E-state index contributed by atoms with van der Waals surface area (Å²) in [6, 6.07) is 39.2. The highest BCUT2D eigenvalue weighted by Gasteiger charge is 2.49. The standard InChI is InChI=1S/C57H67N8O12P3/c1-36(2)53(66)58-41-15-23-47(24-16-41)72-78(73-48-25-17-42(18-26-48)59-54(67)37(3)4)63-79(76-51-33-31-46(71-11)32-34-51,74-49-27-19-43(20-28-49)60-55(68)38(5)6)65-80(64-78,75-50-29-21-44(22-30-50)61-56(69)39(7)8)77-52-14-12-13-45(35-52)62-57(70)40(9)10/h12-40H,1-11H3,(H,58,66)(H,59,67)(H,60,68)(H,61,69)(H,62,70). The normalized spacial score (nSPS) is 16.2. The Balaban J connectivity index is 1.55. The molecule has 2 atom stereocenters. The molecule has 0 saturated carbocycles. The fourth-order valence-corrected chi connectivity index (χ4v) is 15.7. The monoisotopic (exact) mass is 1150 g/mol. The first-order valence-electron chi connectivity index (χ1n) is 25.8. The van der Waals surface area contributed by atoms with Crippen LogP contribution in [-0.4, -0.2) is 36.6 Å². The molecule has 0 spiro atoms. The number of methoxy groups -OCH3 is 1. The van der Waals surface area contributed by atoms with E-state index in [-0.39, 0.29) is 93.6 Å². The van der Waals surface area contributed by atoms with E-state index in [1.54, 1.807) is 215 Å². The van der Waals surface area contributed by atoms with Crippen LogP contribution in [0, 0.1) is 29.6 Å². The Hall–Kier alpha value is -8.04. The summed E-state index contributed by atoms with van der Waals surface area (Å²) in [6.07, 6.45) is 0. The molecule has 0 aliphatic carbocycles. The number of amides is 5. The Labute approximate surface area is 466 Å². The lowest BCUT2D eigenvalue weighted by Crippen LogP contribution is -2.17. The minimum atomic E-state index is -4.53. The molecule has 1 aliphatic rings. The van der Waals surface area contributed by atoms with Crippen molar-refractivity contribution < 1.29 is 55.9 Å². The van der Waals surface area contributed by atoms with Crippen molar-refractivity contribution in [2.45, 2.75) is 69.2 Å². The maximum atomic E-state index is 13.1. The maximum absolute atomic E-state index is 13.1. The van der Waals surface area contributed by atoms with Crippen LogP contribution in [0.4, 0.5) is 28.4 Å². The SMILES string of the molecule is COc1ccc(OP2(Oc3ccc(NC(=O)C(C)C)cc3)=NP(Oc3ccc(NC(=O)C(C)C)cc3)(Oc3ccc(NC(=O)C(C)C)cc3)=NP(Oc3ccc(NC(=O)C(C)C)cc3)(Oc3cccc(NC(=O)C(C)C)c3)=N2)cc1. The smallest absolute Gasteiger partial charge is 0.460 e. The minimum absolute atomic E-state index is 0.122. The van der Waals surface area contributed by atoms with Gasteiger partial charge in [-0.2, -0.15) is 0 Å². The molecular formula is C57H67N8O12P3. The highest BCUT2D eigenvalue weighted by Crippen LogP contribution is 2.78. The molecule has 7 rings (SSSR count). The molecule has 0 radical (unpaired) electrons. The Morgan fingerprint density at radius 2 is 0.537 bits per heavy atom. The minimum Gasteiger partial charge on any atom is -0.497 e. The number of rotatable bonds is 23. The third-order valence-electron chi connectivity index (χ3n) is 11.3. The lowest BCUT2D eigenvalue weighted by Gasteiger charge is -2.33. The van der Waals surface area contributed by atoms with Gasteiger partial charge in [0.2, 0.25) is 29.5 Å². The molecule has 1 heterocycles. The first-order valence-corrected chi connectivity index (χ1v) is 30.4. The topological polar surface area (TPSA) is 247 Å². The van der Waals surface area contributed by atoms with E-state index in [1.165, 1.54) is 7.11 Å². The molecule has 6 aromatic rings. The van der Waals surface area contributed by atoms with Crippen molar-refractivity contribution in [1.82, 2.24) is 0 Å². The van der Waals surface area contributed by atoms with Gasteiger partial charge >= 0.3 is 23.0 Å². The van der Waals surface area contributed by atoms with E-state index < -0.39 is 23.0 Å². The lowest BCUT2D eigenvalue weighted by atomic mass is 10.2. The average Bonchev–Trinajstić information content (AvgIpc) is 3.57. The summed E-state index contributed by atoms with van der Waals surface area (Å²) in [6.45, 7) is 17.8. The Morgan fingerprint density at radius 1 is 0.312 bits per heavy atom. The molecule has 0 fully saturated rings. The van der Waals surface area contributed by atoms with Gasteiger partial charge in [0.25, 0.3) is 0 Å². The van der Waals surface area contributed by atoms with Crippen molar-refractivity contribution in [1.29, 1.82) is 0 Å². The van der Waals surface area contributed by atoms with Crippen LogP contribution in [0.15, 0.2) is 159 Å². The second kappa shape index (κ2) is 26.3. The van der Waals surface area contributed by atoms with Crippen molar-refractivity contribution in [2.75, 3.05) is 33.7 Å². The van der Waals surface area contributed by atoms with E-state index in [0.29, 0.717) is 34.2 Å². The van der Waals surface area contributed by atoms with E-state index in [1.807, 2.05) is 0 Å². The Bertz CT molecular complexity index is 3280. The van der Waals surface area contributed by atoms with Crippen molar-refractivity contribution in [2.24, 2.45) is 43.1 Å². The summed E-state index contributed by atoms with van der Waals surface area (Å²) < 4.78 is 63.6. The molecule has 20 nitrogen and oxygen atoms in total. The summed E-state index contributed by atoms with van der Waals surface area (Å²) in [5.41, 5.74) is 2.28. The van der Waals surface area contributed by atoms with Crippen LogP contribution in [0.1, 0.15) is 69.2 Å². The molecule has 1 aliphatic heterocycles. The zero-order valence-electron chi connectivity index (χ0n) is 46.3. The predicted molar refractivity (Wildman–Crippen MR) is 314 cm³/mol. The van der Waals surface area contributed by atoms with Crippen LogP contribution >= 0.6 is 23.0 Å². The highest BCUT2D eigenvalue weighted by atomic mass is 31.3. The summed E-state index contributed by atoms with van der Waals surface area (Å²) in [5, 5.41) is 14.5. The van der Waals surface area contributed by atoms with Crippen LogP contribution in [-0.2, 0) is 24.0 Å². The van der Waals surface area contributed by atoms with Crippen molar-refractivity contribution >= 4 is 80.9 Å². The summed E-state index contributed by atoms with van der Waals surface area (Å²) in [4.78, 5) is 64.4. The number of nitrogens with one attached hydrogen (secondary N) is 5. The number of hydrogen-bond acceptors (Lipinski definition) is 15. The third-order valence-corrected chi connectivity index (χ3v) is 19.4. The van der Waals surface area contributed by atoms with E-state index in [4.69, 9.17) is 45.4 Å². The molecule has 0 aromatic heterocycles. The van der Waals surface area contributed by atoms with Crippen LogP contribution in [0.25, 0.3) is 0 Å². The maximum Gasteiger partial charge on any atom is 0.460 e. The predicted octanol–water partition coefficient (Wildman–Crippen LogP) is 15.3. The molecule has 23 heteroatoms. The fourth-order valence-electron chi connectivity index (χ4n) is 6.68. The summed E-state index contributed by atoms with van der Waals surface area (Å²) >= 11 is 0. The number of nitrogens with zero attached hydrogens (tertiary/aromatic N) is 3. The van der Waals surface area contributed by atoms with Crippen molar-refractivity contribution in [3.05, 3.63) is 146 Å². The summed E-state index contributed by atoms with van der Waals surface area (Å²) in [5.74, 6) is -1.19. The molecule has 5 N–H and O–H groups in total. The molecule has 422 valence electrons. The zero-order chi connectivity index (χ0) is 57.8. The number of carbonyl (C=O) groups is 5. The molecule has 0 saturated heterocycles. The second-order valence-corrected chi connectivity index (χ2v) is 26.0. The van der Waals surface area contributed by atoms with Gasteiger partial charge < -0.3 is 58.5 Å². The van der Waals surface area contributed by atoms with Crippen molar-refractivity contribution in [3.63, 3.8) is 0 Å². The Kier molecular flexibility index (Phi) is 19.6. The van der Waals surface area contributed by atoms with Crippen LogP contribution in [0.2, 0.25) is 0 Å². The number of carbonyl (C=O) groups excluding carboxylic acids is 5. The largest absolute Gasteiger partial charge is 0.497 e. The highest BCUT2D eigenvalue weighted by molar-refractivity contribution is 7.79. The fraction of sp³-hybridized carbons (Fsp3) is 0.281. The average molecular weight is 1150 g/mol. The van der Waals surface area contributed by atoms with Gasteiger partial charge in [0.15, 0.2) is 0 Å². The molecular weight excluding hydrogens is 1080 g/mol. The van der Waals surface area contributed by atoms with Crippen molar-refractivity contribution in [3.8, 4) is 40.2 Å². The first kappa shape index (κ1) is 59.6. The van der Waals surface area contributed by atoms with E-state index in [2.05, 4.69) is 26.6 Å². The summed E-state index contributed by atoms with van der Waals surface area (Å²) in [7, 11) is -12.0. The van der Waals surface area contributed by atoms with Gasteiger partial charge in [-0.15, -0.1) is 0 Å². The first-order chi connectivity index (χ1) is 38.0. The van der Waals surface area contributed by atoms with E-state index >= 15 is 0 Å². The number of hydrogen-bond donors (Lipinski definition) is 5. The molecule has 2 unspecified atom stereocenters. The van der Waals surface area contributed by atoms with Gasteiger partial charge in [-0.05, 0) is 133 Å². The number of benzene rings is 6. The molecule has 6 aromatic carbocycles.